The molecular weight excluding hydrogens is 338 g/mol. The van der Waals surface area contributed by atoms with E-state index in [4.69, 9.17) is 4.74 Å². The van der Waals surface area contributed by atoms with Gasteiger partial charge >= 0.3 is 6.09 Å². The number of pyridine rings is 1. The Labute approximate surface area is 162 Å². The van der Waals surface area contributed by atoms with Gasteiger partial charge in [0.2, 0.25) is 0 Å². The van der Waals surface area contributed by atoms with E-state index in [1.165, 1.54) is 23.3 Å². The molecule has 0 bridgehead atoms. The minimum absolute atomic E-state index is 0.395. The van der Waals surface area contributed by atoms with E-state index in [1.807, 2.05) is 63.4 Å². The summed E-state index contributed by atoms with van der Waals surface area (Å²) in [6.45, 7) is 6.71. The van der Waals surface area contributed by atoms with Gasteiger partial charge in [0.15, 0.2) is 0 Å². The number of carbonyl (C=O) groups excluding carboxylic acids is 1. The average molecular weight is 367 g/mol. The van der Waals surface area contributed by atoms with Gasteiger partial charge in [-0.2, -0.15) is 0 Å². The highest BCUT2D eigenvalue weighted by Crippen LogP contribution is 2.31. The SMILES string of the molecule is CN1CCCC[C@H]1c1ccc(N(C(=O)OC(C)(C)C)c2ccccc2)nc1. The molecule has 3 rings (SSSR count). The summed E-state index contributed by atoms with van der Waals surface area (Å²) >= 11 is 0. The summed E-state index contributed by atoms with van der Waals surface area (Å²) in [6, 6.07) is 13.9. The quantitative estimate of drug-likeness (QED) is 0.737. The predicted molar refractivity (Wildman–Crippen MR) is 108 cm³/mol. The Morgan fingerprint density at radius 2 is 1.89 bits per heavy atom. The van der Waals surface area contributed by atoms with Gasteiger partial charge in [0.1, 0.15) is 11.4 Å². The van der Waals surface area contributed by atoms with Crippen molar-refractivity contribution in [2.75, 3.05) is 18.5 Å². The summed E-state index contributed by atoms with van der Waals surface area (Å²) in [6.07, 6.45) is 5.10. The fraction of sp³-hybridized carbons (Fsp3) is 0.455. The van der Waals surface area contributed by atoms with Crippen molar-refractivity contribution in [3.8, 4) is 0 Å². The van der Waals surface area contributed by atoms with E-state index in [-0.39, 0.29) is 0 Å². The first-order valence-corrected chi connectivity index (χ1v) is 9.59. The highest BCUT2D eigenvalue weighted by atomic mass is 16.6. The lowest BCUT2D eigenvalue weighted by molar-refractivity contribution is 0.0598. The molecule has 0 saturated carbocycles. The number of piperidine rings is 1. The lowest BCUT2D eigenvalue weighted by Gasteiger charge is -2.33. The molecule has 1 aromatic heterocycles. The second-order valence-corrected chi connectivity index (χ2v) is 8.09. The molecule has 0 spiro atoms. The summed E-state index contributed by atoms with van der Waals surface area (Å²) in [5.74, 6) is 0.567. The first kappa shape index (κ1) is 19.4. The molecule has 5 nitrogen and oxygen atoms in total. The monoisotopic (exact) mass is 367 g/mol. The van der Waals surface area contributed by atoms with Crippen LogP contribution in [0.3, 0.4) is 0 Å². The number of hydrogen-bond acceptors (Lipinski definition) is 4. The second kappa shape index (κ2) is 8.09. The highest BCUT2D eigenvalue weighted by Gasteiger charge is 2.26. The Balaban J connectivity index is 1.89. The van der Waals surface area contributed by atoms with Gasteiger partial charge in [0, 0.05) is 12.2 Å². The van der Waals surface area contributed by atoms with Crippen LogP contribution in [-0.4, -0.2) is 35.2 Å². The summed E-state index contributed by atoms with van der Waals surface area (Å²) in [4.78, 5) is 21.4. The van der Waals surface area contributed by atoms with Crippen LogP contribution in [-0.2, 0) is 4.74 Å². The number of nitrogens with zero attached hydrogens (tertiary/aromatic N) is 3. The molecule has 1 saturated heterocycles. The first-order chi connectivity index (χ1) is 12.8. The summed E-state index contributed by atoms with van der Waals surface area (Å²) in [5, 5.41) is 0. The van der Waals surface area contributed by atoms with E-state index >= 15 is 0 Å². The Kier molecular flexibility index (Phi) is 5.80. The molecule has 2 aromatic rings. The van der Waals surface area contributed by atoms with E-state index in [1.54, 1.807) is 0 Å². The van der Waals surface area contributed by atoms with Gasteiger partial charge in [-0.25, -0.2) is 14.7 Å². The van der Waals surface area contributed by atoms with E-state index in [9.17, 15) is 4.79 Å². The topological polar surface area (TPSA) is 45.7 Å². The molecule has 1 atom stereocenters. The van der Waals surface area contributed by atoms with Crippen molar-refractivity contribution in [3.05, 3.63) is 54.2 Å². The number of aromatic nitrogens is 1. The standard InChI is InChI=1S/C22H29N3O2/c1-22(2,3)27-21(26)25(18-10-6-5-7-11-18)20-14-13-17(16-23-20)19-12-8-9-15-24(19)4/h5-7,10-11,13-14,16,19H,8-9,12,15H2,1-4H3/t19-/m0/s1. The van der Waals surface area contributed by atoms with Gasteiger partial charge in [-0.05, 0) is 71.0 Å². The van der Waals surface area contributed by atoms with Crippen LogP contribution in [0.2, 0.25) is 0 Å². The maximum Gasteiger partial charge on any atom is 0.420 e. The minimum Gasteiger partial charge on any atom is -0.443 e. The molecule has 0 N–H and O–H groups in total. The molecule has 1 aliphatic rings. The fourth-order valence-corrected chi connectivity index (χ4v) is 3.44. The molecule has 27 heavy (non-hydrogen) atoms. The van der Waals surface area contributed by atoms with Crippen molar-refractivity contribution in [1.82, 2.24) is 9.88 Å². The molecule has 1 amide bonds. The Bertz CT molecular complexity index is 753. The van der Waals surface area contributed by atoms with Gasteiger partial charge in [-0.3, -0.25) is 4.90 Å². The van der Waals surface area contributed by atoms with Crippen LogP contribution in [0.4, 0.5) is 16.3 Å². The largest absolute Gasteiger partial charge is 0.443 e. The summed E-state index contributed by atoms with van der Waals surface area (Å²) in [7, 11) is 2.16. The van der Waals surface area contributed by atoms with Crippen molar-refractivity contribution >= 4 is 17.6 Å². The maximum absolute atomic E-state index is 12.9. The molecule has 5 heteroatoms. The number of carbonyl (C=O) groups is 1. The first-order valence-electron chi connectivity index (χ1n) is 9.59. The van der Waals surface area contributed by atoms with Gasteiger partial charge in [0.05, 0.1) is 5.69 Å². The van der Waals surface area contributed by atoms with Crippen LogP contribution in [0.5, 0.6) is 0 Å². The number of benzene rings is 1. The Hall–Kier alpha value is -2.40. The number of rotatable bonds is 3. The van der Waals surface area contributed by atoms with Crippen LogP contribution in [0.25, 0.3) is 0 Å². The van der Waals surface area contributed by atoms with Crippen molar-refractivity contribution < 1.29 is 9.53 Å². The zero-order valence-corrected chi connectivity index (χ0v) is 16.7. The van der Waals surface area contributed by atoms with E-state index in [0.29, 0.717) is 11.9 Å². The number of para-hydroxylation sites is 1. The third kappa shape index (κ3) is 4.86. The third-order valence-corrected chi connectivity index (χ3v) is 4.75. The lowest BCUT2D eigenvalue weighted by Crippen LogP contribution is -2.34. The molecule has 0 unspecified atom stereocenters. The molecule has 1 fully saturated rings. The van der Waals surface area contributed by atoms with E-state index in [0.717, 1.165) is 18.7 Å². The molecule has 1 aliphatic heterocycles. The zero-order chi connectivity index (χ0) is 19.4. The van der Waals surface area contributed by atoms with Crippen LogP contribution in [0, 0.1) is 0 Å². The van der Waals surface area contributed by atoms with E-state index < -0.39 is 11.7 Å². The fourth-order valence-electron chi connectivity index (χ4n) is 3.44. The zero-order valence-electron chi connectivity index (χ0n) is 16.7. The average Bonchev–Trinajstić information content (AvgIpc) is 2.62. The smallest absolute Gasteiger partial charge is 0.420 e. The molecular formula is C22H29N3O2. The molecule has 144 valence electrons. The molecule has 0 aliphatic carbocycles. The van der Waals surface area contributed by atoms with Gasteiger partial charge in [0.25, 0.3) is 0 Å². The van der Waals surface area contributed by atoms with Crippen LogP contribution in [0.1, 0.15) is 51.6 Å². The van der Waals surface area contributed by atoms with Crippen molar-refractivity contribution in [1.29, 1.82) is 0 Å². The molecule has 1 aromatic carbocycles. The predicted octanol–water partition coefficient (Wildman–Crippen LogP) is 5.31. The van der Waals surface area contributed by atoms with Crippen molar-refractivity contribution in [2.24, 2.45) is 0 Å². The van der Waals surface area contributed by atoms with E-state index in [2.05, 4.69) is 23.0 Å². The van der Waals surface area contributed by atoms with Crippen LogP contribution >= 0.6 is 0 Å². The van der Waals surface area contributed by atoms with Gasteiger partial charge < -0.3 is 4.74 Å². The molecule has 0 radical (unpaired) electrons. The third-order valence-electron chi connectivity index (χ3n) is 4.75. The number of hydrogen-bond donors (Lipinski definition) is 0. The van der Waals surface area contributed by atoms with Crippen molar-refractivity contribution in [3.63, 3.8) is 0 Å². The second-order valence-electron chi connectivity index (χ2n) is 8.09. The number of ether oxygens (including phenoxy) is 1. The van der Waals surface area contributed by atoms with Crippen molar-refractivity contribution in [2.45, 2.75) is 51.7 Å². The molecule has 2 heterocycles. The highest BCUT2D eigenvalue weighted by molar-refractivity contribution is 5.95. The Morgan fingerprint density at radius 3 is 2.48 bits per heavy atom. The van der Waals surface area contributed by atoms with Crippen LogP contribution < -0.4 is 4.90 Å². The van der Waals surface area contributed by atoms with Gasteiger partial charge in [-0.1, -0.05) is 30.7 Å². The lowest BCUT2D eigenvalue weighted by atomic mass is 9.97. The number of likely N-dealkylation sites (tertiary alicyclic amines) is 1. The summed E-state index contributed by atoms with van der Waals surface area (Å²) in [5.41, 5.74) is 1.36. The van der Waals surface area contributed by atoms with Crippen LogP contribution in [0.15, 0.2) is 48.7 Å². The number of amides is 1. The Morgan fingerprint density at radius 1 is 1.15 bits per heavy atom. The minimum atomic E-state index is -0.575. The number of anilines is 2. The normalized spacial score (nSPS) is 18.1. The van der Waals surface area contributed by atoms with Gasteiger partial charge in [-0.15, -0.1) is 0 Å². The maximum atomic E-state index is 12.9. The summed E-state index contributed by atoms with van der Waals surface area (Å²) < 4.78 is 5.61.